The summed E-state index contributed by atoms with van der Waals surface area (Å²) in [5.41, 5.74) is 4.27. The van der Waals surface area contributed by atoms with Crippen molar-refractivity contribution in [2.75, 3.05) is 31.1 Å². The van der Waals surface area contributed by atoms with Crippen molar-refractivity contribution >= 4 is 23.3 Å². The van der Waals surface area contributed by atoms with Gasteiger partial charge in [-0.15, -0.1) is 0 Å². The first kappa shape index (κ1) is 22.3. The number of hydrogen-bond donors (Lipinski definition) is 0. The molecule has 6 heteroatoms. The molecule has 0 atom stereocenters. The number of aryl methyl sites for hydroxylation is 1. The summed E-state index contributed by atoms with van der Waals surface area (Å²) >= 11 is 6.08. The highest BCUT2D eigenvalue weighted by Crippen LogP contribution is 2.28. The lowest BCUT2D eigenvalue weighted by Crippen LogP contribution is -2.50. The largest absolute Gasteiger partial charge is 0.353 e. The lowest BCUT2D eigenvalue weighted by Gasteiger charge is -2.37. The summed E-state index contributed by atoms with van der Waals surface area (Å²) in [5.74, 6) is 1.93. The van der Waals surface area contributed by atoms with Crippen LogP contribution in [-0.4, -0.2) is 47.0 Å². The van der Waals surface area contributed by atoms with Gasteiger partial charge in [-0.25, -0.2) is 9.97 Å². The number of amides is 1. The molecule has 2 heterocycles. The summed E-state index contributed by atoms with van der Waals surface area (Å²) < 4.78 is 0. The van der Waals surface area contributed by atoms with Gasteiger partial charge in [0.05, 0.1) is 0 Å². The Hall–Kier alpha value is -2.92. The quantitative estimate of drug-likeness (QED) is 0.551. The molecule has 32 heavy (non-hydrogen) atoms. The highest BCUT2D eigenvalue weighted by molar-refractivity contribution is 6.30. The number of hydrogen-bond acceptors (Lipinski definition) is 4. The molecule has 1 aromatic heterocycles. The zero-order valence-electron chi connectivity index (χ0n) is 18.9. The molecule has 3 aromatic rings. The van der Waals surface area contributed by atoms with Gasteiger partial charge in [0.1, 0.15) is 5.82 Å². The molecule has 0 spiro atoms. The predicted octanol–water partition coefficient (Wildman–Crippen LogP) is 5.00. The van der Waals surface area contributed by atoms with Crippen LogP contribution in [0, 0.1) is 12.8 Å². The standard InChI is InChI=1S/C26H29ClN4O/c1-18(2)26(32)31-15-13-30(14-16-31)25-23(17-20-9-11-22(27)12-10-20)19(3)28-24(29-25)21-7-5-4-6-8-21/h4-12,18H,13-17H2,1-3H3. The number of carbonyl (C=O) groups is 1. The van der Waals surface area contributed by atoms with Crippen LogP contribution in [0.4, 0.5) is 5.82 Å². The van der Waals surface area contributed by atoms with E-state index in [-0.39, 0.29) is 11.8 Å². The number of carbonyl (C=O) groups excluding carboxylic acids is 1. The van der Waals surface area contributed by atoms with E-state index in [1.165, 1.54) is 5.56 Å². The van der Waals surface area contributed by atoms with Crippen LogP contribution in [0.25, 0.3) is 11.4 Å². The molecular weight excluding hydrogens is 420 g/mol. The third-order valence-corrected chi connectivity index (χ3v) is 6.15. The van der Waals surface area contributed by atoms with Crippen molar-refractivity contribution in [3.63, 3.8) is 0 Å². The Balaban J connectivity index is 1.68. The highest BCUT2D eigenvalue weighted by Gasteiger charge is 2.26. The van der Waals surface area contributed by atoms with Crippen molar-refractivity contribution in [1.29, 1.82) is 0 Å². The molecular formula is C26H29ClN4O. The number of piperazine rings is 1. The van der Waals surface area contributed by atoms with E-state index in [4.69, 9.17) is 21.6 Å². The van der Waals surface area contributed by atoms with E-state index >= 15 is 0 Å². The average molecular weight is 449 g/mol. The summed E-state index contributed by atoms with van der Waals surface area (Å²) in [4.78, 5) is 26.6. The van der Waals surface area contributed by atoms with E-state index in [1.54, 1.807) is 0 Å². The van der Waals surface area contributed by atoms with Crippen molar-refractivity contribution in [2.45, 2.75) is 27.2 Å². The number of benzene rings is 2. The van der Waals surface area contributed by atoms with Crippen LogP contribution in [0.2, 0.25) is 5.02 Å². The molecule has 166 valence electrons. The first-order valence-corrected chi connectivity index (χ1v) is 11.5. The third kappa shape index (κ3) is 4.94. The molecule has 1 aliphatic rings. The summed E-state index contributed by atoms with van der Waals surface area (Å²) in [6, 6.07) is 18.0. The van der Waals surface area contributed by atoms with Gasteiger partial charge in [0, 0.05) is 60.4 Å². The molecule has 0 radical (unpaired) electrons. The lowest BCUT2D eigenvalue weighted by molar-refractivity contribution is -0.134. The van der Waals surface area contributed by atoms with Crippen molar-refractivity contribution in [3.8, 4) is 11.4 Å². The number of aromatic nitrogens is 2. The van der Waals surface area contributed by atoms with Crippen LogP contribution in [0.1, 0.15) is 30.7 Å². The molecule has 0 unspecified atom stereocenters. The van der Waals surface area contributed by atoms with Gasteiger partial charge in [-0.2, -0.15) is 0 Å². The third-order valence-electron chi connectivity index (χ3n) is 5.90. The number of halogens is 1. The Morgan fingerprint density at radius 2 is 1.62 bits per heavy atom. The Labute approximate surface area is 195 Å². The van der Waals surface area contributed by atoms with E-state index in [9.17, 15) is 4.79 Å². The smallest absolute Gasteiger partial charge is 0.225 e. The van der Waals surface area contributed by atoms with Crippen LogP contribution < -0.4 is 4.90 Å². The molecule has 1 fully saturated rings. The molecule has 1 saturated heterocycles. The highest BCUT2D eigenvalue weighted by atomic mass is 35.5. The lowest BCUT2D eigenvalue weighted by atomic mass is 10.0. The Morgan fingerprint density at radius 3 is 2.25 bits per heavy atom. The van der Waals surface area contributed by atoms with Gasteiger partial charge in [0.2, 0.25) is 5.91 Å². The molecule has 0 aliphatic carbocycles. The SMILES string of the molecule is Cc1nc(-c2ccccc2)nc(N2CCN(C(=O)C(C)C)CC2)c1Cc1ccc(Cl)cc1. The fourth-order valence-corrected chi connectivity index (χ4v) is 4.20. The second kappa shape index (κ2) is 9.70. The molecule has 1 aliphatic heterocycles. The van der Waals surface area contributed by atoms with Crippen molar-refractivity contribution < 1.29 is 4.79 Å². The summed E-state index contributed by atoms with van der Waals surface area (Å²) in [5, 5.41) is 0.729. The molecule has 5 nitrogen and oxygen atoms in total. The van der Waals surface area contributed by atoms with E-state index in [0.717, 1.165) is 53.0 Å². The Kier molecular flexibility index (Phi) is 6.75. The maximum atomic E-state index is 12.4. The molecule has 1 amide bonds. The van der Waals surface area contributed by atoms with Crippen molar-refractivity contribution in [3.05, 3.63) is 76.4 Å². The fraction of sp³-hybridized carbons (Fsp3) is 0.346. The maximum absolute atomic E-state index is 12.4. The van der Waals surface area contributed by atoms with Crippen molar-refractivity contribution in [1.82, 2.24) is 14.9 Å². The molecule has 0 bridgehead atoms. The normalized spacial score (nSPS) is 14.2. The molecule has 2 aromatic carbocycles. The minimum Gasteiger partial charge on any atom is -0.353 e. The summed E-state index contributed by atoms with van der Waals surface area (Å²) in [7, 11) is 0. The van der Waals surface area contributed by atoms with E-state index in [0.29, 0.717) is 13.1 Å². The van der Waals surface area contributed by atoms with Crippen LogP contribution in [0.5, 0.6) is 0 Å². The van der Waals surface area contributed by atoms with Crippen LogP contribution in [-0.2, 0) is 11.2 Å². The minimum absolute atomic E-state index is 0.0213. The van der Waals surface area contributed by atoms with Gasteiger partial charge >= 0.3 is 0 Å². The first-order chi connectivity index (χ1) is 15.4. The van der Waals surface area contributed by atoms with E-state index in [1.807, 2.05) is 61.2 Å². The first-order valence-electron chi connectivity index (χ1n) is 11.1. The minimum atomic E-state index is 0.0213. The van der Waals surface area contributed by atoms with Gasteiger partial charge in [-0.05, 0) is 24.6 Å². The van der Waals surface area contributed by atoms with Gasteiger partial charge in [-0.1, -0.05) is 67.9 Å². The Morgan fingerprint density at radius 1 is 0.969 bits per heavy atom. The van der Waals surface area contributed by atoms with Crippen molar-refractivity contribution in [2.24, 2.45) is 5.92 Å². The number of anilines is 1. The van der Waals surface area contributed by atoms with Crippen LogP contribution >= 0.6 is 11.6 Å². The zero-order valence-corrected chi connectivity index (χ0v) is 19.6. The fourth-order valence-electron chi connectivity index (χ4n) is 4.08. The number of nitrogens with zero attached hydrogens (tertiary/aromatic N) is 4. The monoisotopic (exact) mass is 448 g/mol. The molecule has 0 saturated carbocycles. The van der Waals surface area contributed by atoms with Gasteiger partial charge in [0.25, 0.3) is 0 Å². The van der Waals surface area contributed by atoms with Gasteiger partial charge in [-0.3, -0.25) is 4.79 Å². The second-order valence-electron chi connectivity index (χ2n) is 8.57. The van der Waals surface area contributed by atoms with Gasteiger partial charge in [0.15, 0.2) is 5.82 Å². The summed E-state index contributed by atoms with van der Waals surface area (Å²) in [6.45, 7) is 8.91. The second-order valence-corrected chi connectivity index (χ2v) is 9.01. The topological polar surface area (TPSA) is 49.3 Å². The van der Waals surface area contributed by atoms with E-state index < -0.39 is 0 Å². The maximum Gasteiger partial charge on any atom is 0.225 e. The number of rotatable bonds is 5. The Bertz CT molecular complexity index is 1070. The van der Waals surface area contributed by atoms with Gasteiger partial charge < -0.3 is 9.80 Å². The zero-order chi connectivity index (χ0) is 22.7. The predicted molar refractivity (Wildman–Crippen MR) is 130 cm³/mol. The molecule has 4 rings (SSSR count). The average Bonchev–Trinajstić information content (AvgIpc) is 2.81. The molecule has 0 N–H and O–H groups in total. The van der Waals surface area contributed by atoms with E-state index in [2.05, 4.69) is 24.0 Å². The summed E-state index contributed by atoms with van der Waals surface area (Å²) in [6.07, 6.45) is 0.735. The van der Waals surface area contributed by atoms with Crippen LogP contribution in [0.15, 0.2) is 54.6 Å². The van der Waals surface area contributed by atoms with Crippen LogP contribution in [0.3, 0.4) is 0 Å².